The van der Waals surface area contributed by atoms with Gasteiger partial charge in [-0.1, -0.05) is 6.07 Å². The van der Waals surface area contributed by atoms with Crippen molar-refractivity contribution in [2.45, 2.75) is 6.18 Å². The van der Waals surface area contributed by atoms with Crippen molar-refractivity contribution >= 4 is 38.2 Å². The molecule has 2 heterocycles. The number of carbonyl (C=O) groups is 1. The molecule has 0 atom stereocenters. The summed E-state index contributed by atoms with van der Waals surface area (Å²) in [5, 5.41) is 0.242. The lowest BCUT2D eigenvalue weighted by Gasteiger charge is -2.12. The van der Waals surface area contributed by atoms with E-state index in [9.17, 15) is 30.8 Å². The molecule has 0 saturated carbocycles. The monoisotopic (exact) mass is 426 g/mol. The lowest BCUT2D eigenvalue weighted by molar-refractivity contribution is -0.106. The van der Waals surface area contributed by atoms with Crippen LogP contribution in [0.25, 0.3) is 15.9 Å². The van der Waals surface area contributed by atoms with Crippen molar-refractivity contribution < 1.29 is 30.8 Å². The van der Waals surface area contributed by atoms with Gasteiger partial charge in [0.15, 0.2) is 17.4 Å². The number of H-pyrrole nitrogens is 1. The molecule has 0 aliphatic heterocycles. The number of pyridine rings is 1. The van der Waals surface area contributed by atoms with E-state index in [1.165, 1.54) is 23.2 Å². The van der Waals surface area contributed by atoms with Gasteiger partial charge in [0.05, 0.1) is 17.8 Å². The van der Waals surface area contributed by atoms with Crippen molar-refractivity contribution in [3.8, 4) is 0 Å². The van der Waals surface area contributed by atoms with Crippen molar-refractivity contribution in [1.29, 1.82) is 0 Å². The second-order valence-electron chi connectivity index (χ2n) is 5.88. The first kappa shape index (κ1) is 20.3. The molecule has 0 aliphatic carbocycles. The summed E-state index contributed by atoms with van der Waals surface area (Å²) in [6.07, 6.45) is -2.50. The lowest BCUT2D eigenvalue weighted by Crippen LogP contribution is -2.28. The van der Waals surface area contributed by atoms with E-state index in [1.54, 1.807) is 0 Å². The lowest BCUT2D eigenvalue weighted by atomic mass is 10.0. The molecule has 0 spiro atoms. The first-order chi connectivity index (χ1) is 13.5. The van der Waals surface area contributed by atoms with Crippen LogP contribution in [-0.2, 0) is 10.0 Å². The molecule has 3 rings (SSSR count). The van der Waals surface area contributed by atoms with Crippen molar-refractivity contribution in [3.05, 3.63) is 65.0 Å². The number of rotatable bonds is 5. The highest BCUT2D eigenvalue weighted by Gasteiger charge is 2.35. The highest BCUT2D eigenvalue weighted by atomic mass is 32.2. The quantitative estimate of drug-likeness (QED) is 0.369. The third-order valence-corrected chi connectivity index (χ3v) is 4.99. The maximum atomic E-state index is 14.7. The van der Waals surface area contributed by atoms with Gasteiger partial charge < -0.3 is 4.98 Å². The minimum Gasteiger partial charge on any atom is -0.345 e. The minimum absolute atomic E-state index is 0.0350. The Morgan fingerprint density at radius 1 is 1.28 bits per heavy atom. The third-order valence-electron chi connectivity index (χ3n) is 3.75. The van der Waals surface area contributed by atoms with Crippen LogP contribution >= 0.6 is 0 Å². The number of aromatic nitrogens is 2. The van der Waals surface area contributed by atoms with Crippen LogP contribution in [0.1, 0.15) is 15.9 Å². The third kappa shape index (κ3) is 4.35. The molecule has 2 N–H and O–H groups in total. The number of aromatic amines is 1. The number of hydrogen-bond donors (Lipinski definition) is 2. The number of nitrogens with zero attached hydrogens (tertiary/aromatic N) is 2. The van der Waals surface area contributed by atoms with Gasteiger partial charge in [-0.2, -0.15) is 13.2 Å². The van der Waals surface area contributed by atoms with Crippen LogP contribution in [0.2, 0.25) is 0 Å². The molecule has 0 saturated heterocycles. The van der Waals surface area contributed by atoms with Crippen LogP contribution in [0.5, 0.6) is 0 Å². The zero-order valence-corrected chi connectivity index (χ0v) is 15.0. The zero-order valence-electron chi connectivity index (χ0n) is 14.2. The molecular formula is C17H10F4N4O3S. The Morgan fingerprint density at radius 3 is 2.66 bits per heavy atom. The normalized spacial score (nSPS) is 12.0. The van der Waals surface area contributed by atoms with E-state index in [-0.39, 0.29) is 22.3 Å². The van der Waals surface area contributed by atoms with Gasteiger partial charge in [-0.25, -0.2) is 17.7 Å². The molecule has 7 nitrogen and oxygen atoms in total. The number of fused-ring (bicyclic) bond motifs is 1. The molecular weight excluding hydrogens is 416 g/mol. The average Bonchev–Trinajstić information content (AvgIpc) is 3.03. The number of alkyl halides is 3. The molecule has 150 valence electrons. The Labute approximate surface area is 161 Å². The fraction of sp³-hybridized carbons (Fsp3) is 0.118. The first-order valence-electron chi connectivity index (χ1n) is 7.76. The second kappa shape index (κ2) is 7.17. The van der Waals surface area contributed by atoms with Gasteiger partial charge in [0, 0.05) is 23.3 Å². The number of sulfonamides is 1. The van der Waals surface area contributed by atoms with E-state index < -0.39 is 44.8 Å². The number of hydrogen-bond acceptors (Lipinski definition) is 4. The summed E-state index contributed by atoms with van der Waals surface area (Å²) in [5.41, 5.74) is -0.984. The highest BCUT2D eigenvalue weighted by Crippen LogP contribution is 2.27. The highest BCUT2D eigenvalue weighted by molar-refractivity contribution is 7.92. The van der Waals surface area contributed by atoms with Crippen molar-refractivity contribution in [2.24, 2.45) is 0 Å². The van der Waals surface area contributed by atoms with Crippen LogP contribution in [0.15, 0.2) is 36.7 Å². The second-order valence-corrected chi connectivity index (χ2v) is 7.60. The van der Waals surface area contributed by atoms with E-state index in [4.69, 9.17) is 6.57 Å². The van der Waals surface area contributed by atoms with Crippen molar-refractivity contribution in [3.63, 3.8) is 0 Å². The van der Waals surface area contributed by atoms with Gasteiger partial charge >= 0.3 is 6.18 Å². The van der Waals surface area contributed by atoms with Gasteiger partial charge in [-0.3, -0.25) is 14.5 Å². The van der Waals surface area contributed by atoms with Gasteiger partial charge in [0.25, 0.3) is 0 Å². The SMILES string of the molecule is [C-]#[N+]c1cnc2[nH]cc(C(=O)c3cccc(NS(=O)(=O)CC(F)(F)F)c3F)c2c1. The Morgan fingerprint density at radius 2 is 2.00 bits per heavy atom. The molecule has 0 unspecified atom stereocenters. The van der Waals surface area contributed by atoms with E-state index in [2.05, 4.69) is 14.8 Å². The zero-order chi connectivity index (χ0) is 21.4. The number of ketones is 1. The number of halogens is 4. The molecule has 12 heteroatoms. The van der Waals surface area contributed by atoms with Gasteiger partial charge in [-0.05, 0) is 18.2 Å². The minimum atomic E-state index is -5.02. The van der Waals surface area contributed by atoms with Gasteiger partial charge in [0.1, 0.15) is 5.65 Å². The van der Waals surface area contributed by atoms with E-state index >= 15 is 0 Å². The van der Waals surface area contributed by atoms with Crippen LogP contribution < -0.4 is 4.72 Å². The molecule has 29 heavy (non-hydrogen) atoms. The molecule has 0 bridgehead atoms. The molecule has 3 aromatic rings. The Bertz CT molecular complexity index is 1260. The van der Waals surface area contributed by atoms with Crippen LogP contribution in [-0.4, -0.2) is 36.1 Å². The fourth-order valence-corrected chi connectivity index (χ4v) is 3.59. The maximum absolute atomic E-state index is 14.7. The summed E-state index contributed by atoms with van der Waals surface area (Å²) in [5.74, 6) is -4.40. The number of nitrogens with one attached hydrogen (secondary N) is 2. The molecule has 0 fully saturated rings. The topological polar surface area (TPSA) is 96.3 Å². The number of anilines is 1. The molecule has 0 amide bonds. The Hall–Kier alpha value is -3.46. The van der Waals surface area contributed by atoms with E-state index in [1.807, 2.05) is 0 Å². The summed E-state index contributed by atoms with van der Waals surface area (Å²) in [4.78, 5) is 22.6. The predicted molar refractivity (Wildman–Crippen MR) is 95.7 cm³/mol. The van der Waals surface area contributed by atoms with Crippen LogP contribution in [0.3, 0.4) is 0 Å². The summed E-state index contributed by atoms with van der Waals surface area (Å²) in [6, 6.07) is 4.45. The van der Waals surface area contributed by atoms with E-state index in [0.717, 1.165) is 18.2 Å². The predicted octanol–water partition coefficient (Wildman–Crippen LogP) is 3.79. The van der Waals surface area contributed by atoms with Crippen molar-refractivity contribution in [2.75, 3.05) is 10.5 Å². The Balaban J connectivity index is 2.00. The van der Waals surface area contributed by atoms with Gasteiger partial charge in [-0.15, -0.1) is 0 Å². The largest absolute Gasteiger partial charge is 0.404 e. The first-order valence-corrected chi connectivity index (χ1v) is 9.41. The van der Waals surface area contributed by atoms with E-state index in [0.29, 0.717) is 0 Å². The summed E-state index contributed by atoms with van der Waals surface area (Å²) in [7, 11) is -4.93. The smallest absolute Gasteiger partial charge is 0.345 e. The average molecular weight is 426 g/mol. The molecule has 2 aromatic heterocycles. The fourth-order valence-electron chi connectivity index (χ4n) is 2.59. The van der Waals surface area contributed by atoms with Crippen molar-refractivity contribution in [1.82, 2.24) is 9.97 Å². The summed E-state index contributed by atoms with van der Waals surface area (Å²) in [6.45, 7) is 7.01. The van der Waals surface area contributed by atoms with Crippen LogP contribution in [0, 0.1) is 12.4 Å². The van der Waals surface area contributed by atoms with Gasteiger partial charge in [0.2, 0.25) is 15.7 Å². The molecule has 0 radical (unpaired) electrons. The molecule has 0 aliphatic rings. The summed E-state index contributed by atoms with van der Waals surface area (Å²) >= 11 is 0. The standard InChI is InChI=1S/C17H10F4N4O3S/c1-22-9-5-11-12(7-24-16(11)23-6-9)15(26)10-3-2-4-13(14(10)18)25-29(27,28)8-17(19,20)21/h2-7,25H,8H2,(H,23,24). The maximum Gasteiger partial charge on any atom is 0.404 e. The number of benzene rings is 1. The van der Waals surface area contributed by atoms with Crippen LogP contribution in [0.4, 0.5) is 28.9 Å². The number of carbonyl (C=O) groups excluding carboxylic acids is 1. The Kier molecular flexibility index (Phi) is 5.02. The summed E-state index contributed by atoms with van der Waals surface area (Å²) < 4.78 is 76.5. The molecule has 1 aromatic carbocycles.